The summed E-state index contributed by atoms with van der Waals surface area (Å²) in [5.41, 5.74) is 0. The van der Waals surface area contributed by atoms with Crippen LogP contribution < -0.4 is 0 Å². The van der Waals surface area contributed by atoms with Crippen molar-refractivity contribution in [3.05, 3.63) is 24.7 Å². The average Bonchev–Trinajstić information content (AvgIpc) is 2.49. The van der Waals surface area contributed by atoms with Gasteiger partial charge in [-0.1, -0.05) is 46.6 Å². The van der Waals surface area contributed by atoms with E-state index in [-0.39, 0.29) is 23.6 Å². The summed E-state index contributed by atoms with van der Waals surface area (Å²) in [6.45, 7) is 9.61. The minimum Gasteiger partial charge on any atom is -0.431 e. The Morgan fingerprint density at radius 3 is 2.33 bits per heavy atom. The molecular formula is C17H28O4. The highest BCUT2D eigenvalue weighted by Crippen LogP contribution is 2.16. The van der Waals surface area contributed by atoms with Gasteiger partial charge >= 0.3 is 11.9 Å². The van der Waals surface area contributed by atoms with E-state index in [2.05, 4.69) is 13.5 Å². The van der Waals surface area contributed by atoms with Gasteiger partial charge in [-0.15, -0.1) is 0 Å². The zero-order valence-electron chi connectivity index (χ0n) is 13.5. The van der Waals surface area contributed by atoms with E-state index in [0.29, 0.717) is 6.42 Å². The zero-order chi connectivity index (χ0) is 16.1. The third-order valence-corrected chi connectivity index (χ3v) is 3.19. The molecule has 0 aliphatic carbocycles. The van der Waals surface area contributed by atoms with Crippen molar-refractivity contribution < 1.29 is 19.1 Å². The second kappa shape index (κ2) is 12.2. The molecule has 0 saturated heterocycles. The van der Waals surface area contributed by atoms with Gasteiger partial charge in [0.1, 0.15) is 6.26 Å². The summed E-state index contributed by atoms with van der Waals surface area (Å²) in [7, 11) is 0. The first kappa shape index (κ1) is 19.4. The maximum Gasteiger partial charge on any atom is 0.314 e. The van der Waals surface area contributed by atoms with E-state index in [0.717, 1.165) is 44.8 Å². The van der Waals surface area contributed by atoms with Crippen LogP contribution in [-0.2, 0) is 19.1 Å². The molecule has 0 spiro atoms. The first-order chi connectivity index (χ1) is 10.1. The maximum atomic E-state index is 12.0. The van der Waals surface area contributed by atoms with E-state index >= 15 is 0 Å². The van der Waals surface area contributed by atoms with E-state index in [1.165, 1.54) is 6.08 Å². The Labute approximate surface area is 128 Å². The van der Waals surface area contributed by atoms with Crippen LogP contribution in [0.25, 0.3) is 0 Å². The fourth-order valence-corrected chi connectivity index (χ4v) is 1.76. The minimum atomic E-state index is -0.328. The number of esters is 2. The Morgan fingerprint density at radius 1 is 1.14 bits per heavy atom. The van der Waals surface area contributed by atoms with Gasteiger partial charge in [-0.3, -0.25) is 9.59 Å². The molecular weight excluding hydrogens is 268 g/mol. The third-order valence-electron chi connectivity index (χ3n) is 3.19. The van der Waals surface area contributed by atoms with Crippen molar-refractivity contribution in [2.45, 2.75) is 65.7 Å². The van der Waals surface area contributed by atoms with Gasteiger partial charge in [-0.2, -0.15) is 0 Å². The molecule has 0 aromatic carbocycles. The number of hydrogen-bond acceptors (Lipinski definition) is 4. The molecule has 0 fully saturated rings. The van der Waals surface area contributed by atoms with Crippen LogP contribution in [0.5, 0.6) is 0 Å². The molecule has 1 atom stereocenters. The average molecular weight is 296 g/mol. The monoisotopic (exact) mass is 296 g/mol. The van der Waals surface area contributed by atoms with Crippen LogP contribution in [0.4, 0.5) is 0 Å². The van der Waals surface area contributed by atoms with Gasteiger partial charge in [-0.05, 0) is 25.3 Å². The molecule has 0 heterocycles. The van der Waals surface area contributed by atoms with Gasteiger partial charge in [0, 0.05) is 6.42 Å². The molecule has 0 bridgehead atoms. The molecule has 0 amide bonds. The lowest BCUT2D eigenvalue weighted by Crippen LogP contribution is -2.17. The molecule has 0 aromatic heterocycles. The summed E-state index contributed by atoms with van der Waals surface area (Å²) >= 11 is 0. The number of rotatable bonds is 11. The van der Waals surface area contributed by atoms with E-state index in [9.17, 15) is 9.59 Å². The molecule has 0 saturated carbocycles. The number of ether oxygens (including phenoxy) is 2. The fourth-order valence-electron chi connectivity index (χ4n) is 1.76. The molecule has 0 aliphatic rings. The van der Waals surface area contributed by atoms with Crippen LogP contribution in [0.1, 0.15) is 65.7 Å². The van der Waals surface area contributed by atoms with Gasteiger partial charge < -0.3 is 9.47 Å². The van der Waals surface area contributed by atoms with E-state index in [4.69, 9.17) is 9.47 Å². The largest absolute Gasteiger partial charge is 0.431 e. The molecule has 4 nitrogen and oxygen atoms in total. The van der Waals surface area contributed by atoms with Crippen LogP contribution in [0.15, 0.2) is 24.7 Å². The molecule has 120 valence electrons. The van der Waals surface area contributed by atoms with Crippen molar-refractivity contribution in [3.8, 4) is 0 Å². The summed E-state index contributed by atoms with van der Waals surface area (Å²) in [4.78, 5) is 23.4. The van der Waals surface area contributed by atoms with Crippen molar-refractivity contribution >= 4 is 11.9 Å². The Bertz CT molecular complexity index is 358. The molecule has 0 N–H and O–H groups in total. The van der Waals surface area contributed by atoms with Crippen LogP contribution in [-0.4, -0.2) is 11.9 Å². The molecule has 0 radical (unpaired) electrons. The molecule has 1 unspecified atom stereocenters. The van der Waals surface area contributed by atoms with Crippen molar-refractivity contribution in [1.82, 2.24) is 0 Å². The number of carbonyl (C=O) groups excluding carboxylic acids is 2. The lowest BCUT2D eigenvalue weighted by molar-refractivity contribution is -0.145. The fraction of sp³-hybridized carbons (Fsp3) is 0.647. The highest BCUT2D eigenvalue weighted by Gasteiger charge is 2.18. The summed E-state index contributed by atoms with van der Waals surface area (Å²) in [5, 5.41) is 0. The van der Waals surface area contributed by atoms with Crippen molar-refractivity contribution in [3.63, 3.8) is 0 Å². The second-order valence-electron chi connectivity index (χ2n) is 4.99. The summed E-state index contributed by atoms with van der Waals surface area (Å²) in [6, 6.07) is 0. The molecule has 0 rings (SSSR count). The van der Waals surface area contributed by atoms with Gasteiger partial charge in [0.25, 0.3) is 0 Å². The number of unbranched alkanes of at least 4 members (excludes halogenated alkanes) is 2. The van der Waals surface area contributed by atoms with E-state index in [1.807, 2.05) is 13.8 Å². The molecule has 0 aromatic rings. The summed E-state index contributed by atoms with van der Waals surface area (Å²) in [5.74, 6) is -0.559. The standard InChI is InChI=1S/C17H28O4/c1-5-9-11-14(7-3)17(19)21-15(8-4)13-20-16(18)12-10-6-2/h8,13-14H,4-7,9-12H2,1-3H3/b15-13+. The SMILES string of the molecule is C=C/C(=C\OC(=O)CCCC)OC(=O)C(CC)CCCC. The van der Waals surface area contributed by atoms with Crippen LogP contribution in [0, 0.1) is 5.92 Å². The highest BCUT2D eigenvalue weighted by molar-refractivity contribution is 5.74. The first-order valence-electron chi connectivity index (χ1n) is 7.82. The van der Waals surface area contributed by atoms with Crippen molar-refractivity contribution in [2.75, 3.05) is 0 Å². The Balaban J connectivity index is 4.42. The maximum absolute atomic E-state index is 12.0. The number of hydrogen-bond donors (Lipinski definition) is 0. The smallest absolute Gasteiger partial charge is 0.314 e. The van der Waals surface area contributed by atoms with Crippen molar-refractivity contribution in [2.24, 2.45) is 5.92 Å². The van der Waals surface area contributed by atoms with E-state index in [1.54, 1.807) is 0 Å². The minimum absolute atomic E-state index is 0.121. The topological polar surface area (TPSA) is 52.6 Å². The quantitative estimate of drug-likeness (QED) is 0.320. The summed E-state index contributed by atoms with van der Waals surface area (Å²) in [6.07, 6.45) is 8.19. The van der Waals surface area contributed by atoms with Crippen LogP contribution >= 0.6 is 0 Å². The second-order valence-corrected chi connectivity index (χ2v) is 4.99. The predicted octanol–water partition coefficient (Wildman–Crippen LogP) is 4.51. The molecule has 0 aliphatic heterocycles. The van der Waals surface area contributed by atoms with Crippen LogP contribution in [0.3, 0.4) is 0 Å². The normalized spacial score (nSPS) is 12.6. The Kier molecular flexibility index (Phi) is 11.3. The zero-order valence-corrected chi connectivity index (χ0v) is 13.5. The number of allylic oxidation sites excluding steroid dienone is 1. The van der Waals surface area contributed by atoms with Crippen molar-refractivity contribution in [1.29, 1.82) is 0 Å². The highest BCUT2D eigenvalue weighted by atomic mass is 16.6. The van der Waals surface area contributed by atoms with Gasteiger partial charge in [0.15, 0.2) is 5.76 Å². The lowest BCUT2D eigenvalue weighted by Gasteiger charge is -2.13. The lowest BCUT2D eigenvalue weighted by atomic mass is 10.00. The number of carbonyl (C=O) groups is 2. The van der Waals surface area contributed by atoms with Gasteiger partial charge in [0.2, 0.25) is 0 Å². The van der Waals surface area contributed by atoms with Crippen LogP contribution in [0.2, 0.25) is 0 Å². The Hall–Kier alpha value is -1.58. The van der Waals surface area contributed by atoms with Gasteiger partial charge in [0.05, 0.1) is 5.92 Å². The third kappa shape index (κ3) is 9.05. The van der Waals surface area contributed by atoms with Gasteiger partial charge in [-0.25, -0.2) is 0 Å². The van der Waals surface area contributed by atoms with E-state index < -0.39 is 0 Å². The predicted molar refractivity (Wildman–Crippen MR) is 83.3 cm³/mol. The molecule has 21 heavy (non-hydrogen) atoms. The first-order valence-corrected chi connectivity index (χ1v) is 7.82. The molecule has 4 heteroatoms. The summed E-state index contributed by atoms with van der Waals surface area (Å²) < 4.78 is 10.2. The Morgan fingerprint density at radius 2 is 1.81 bits per heavy atom.